The largest absolute Gasteiger partial charge is 0.477 e. The molecule has 0 saturated carbocycles. The third kappa shape index (κ3) is 3.06. The summed E-state index contributed by atoms with van der Waals surface area (Å²) < 4.78 is 26.6. The van der Waals surface area contributed by atoms with Crippen LogP contribution >= 0.6 is 27.3 Å². The van der Waals surface area contributed by atoms with Gasteiger partial charge in [-0.3, -0.25) is 0 Å². The van der Waals surface area contributed by atoms with Crippen LogP contribution in [-0.2, 0) is 10.0 Å². The fourth-order valence-electron chi connectivity index (χ4n) is 2.10. The Bertz CT molecular complexity index is 604. The minimum absolute atomic E-state index is 0.00217. The van der Waals surface area contributed by atoms with Crippen LogP contribution < -0.4 is 0 Å². The molecule has 2 rings (SSSR count). The van der Waals surface area contributed by atoms with Gasteiger partial charge in [-0.2, -0.15) is 4.31 Å². The van der Waals surface area contributed by atoms with Crippen LogP contribution in [0.2, 0.25) is 0 Å². The molecule has 1 aliphatic heterocycles. The van der Waals surface area contributed by atoms with Crippen LogP contribution in [0.25, 0.3) is 0 Å². The Hall–Kier alpha value is -0.480. The Morgan fingerprint density at radius 1 is 1.45 bits per heavy atom. The van der Waals surface area contributed by atoms with Gasteiger partial charge in [0, 0.05) is 19.7 Å². The average Bonchev–Trinajstić information content (AvgIpc) is 2.82. The van der Waals surface area contributed by atoms with Gasteiger partial charge in [0.1, 0.15) is 9.77 Å². The number of aliphatic hydroxyl groups is 1. The van der Waals surface area contributed by atoms with Crippen molar-refractivity contribution >= 4 is 43.3 Å². The van der Waals surface area contributed by atoms with Gasteiger partial charge in [0.25, 0.3) is 0 Å². The molecule has 0 amide bonds. The fourth-order valence-corrected chi connectivity index (χ4v) is 5.93. The van der Waals surface area contributed by atoms with E-state index in [0.717, 1.165) is 11.3 Å². The molecule has 0 aromatic carbocycles. The van der Waals surface area contributed by atoms with Gasteiger partial charge in [-0.05, 0) is 40.8 Å². The van der Waals surface area contributed by atoms with Crippen molar-refractivity contribution in [1.29, 1.82) is 0 Å². The number of aliphatic hydroxyl groups excluding tert-OH is 1. The van der Waals surface area contributed by atoms with E-state index in [9.17, 15) is 13.2 Å². The number of aromatic carboxylic acids is 1. The first-order valence-electron chi connectivity index (χ1n) is 6.00. The van der Waals surface area contributed by atoms with E-state index in [-0.39, 0.29) is 22.3 Å². The van der Waals surface area contributed by atoms with Gasteiger partial charge >= 0.3 is 5.97 Å². The lowest BCUT2D eigenvalue weighted by Gasteiger charge is -2.30. The second-order valence-electron chi connectivity index (χ2n) is 4.58. The molecule has 1 saturated heterocycles. The van der Waals surface area contributed by atoms with Crippen LogP contribution in [0, 0.1) is 5.92 Å². The molecule has 0 radical (unpaired) electrons. The smallest absolute Gasteiger partial charge is 0.345 e. The summed E-state index contributed by atoms with van der Waals surface area (Å²) in [5.74, 6) is -1.00. The lowest BCUT2D eigenvalue weighted by atomic mass is 10.00. The highest BCUT2D eigenvalue weighted by Crippen LogP contribution is 2.34. The number of hydrogen-bond donors (Lipinski definition) is 2. The molecule has 20 heavy (non-hydrogen) atoms. The summed E-state index contributed by atoms with van der Waals surface area (Å²) in [6.07, 6.45) is 1.23. The van der Waals surface area contributed by atoms with Crippen molar-refractivity contribution in [3.05, 3.63) is 14.7 Å². The summed E-state index contributed by atoms with van der Waals surface area (Å²) in [5, 5.41) is 18.0. The number of thiophene rings is 1. The molecule has 112 valence electrons. The molecule has 1 aromatic heterocycles. The summed E-state index contributed by atoms with van der Waals surface area (Å²) >= 11 is 4.01. The molecule has 0 aliphatic carbocycles. The number of nitrogens with zero attached hydrogens (tertiary/aromatic N) is 1. The minimum Gasteiger partial charge on any atom is -0.477 e. The first kappa shape index (κ1) is 15.9. The Morgan fingerprint density at radius 2 is 2.05 bits per heavy atom. The predicted molar refractivity (Wildman–Crippen MR) is 77.5 cm³/mol. The molecule has 1 aromatic rings. The summed E-state index contributed by atoms with van der Waals surface area (Å²) in [7, 11) is -3.69. The average molecular weight is 384 g/mol. The van der Waals surface area contributed by atoms with Crippen LogP contribution in [0.15, 0.2) is 14.7 Å². The molecular weight excluding hydrogens is 370 g/mol. The Morgan fingerprint density at radius 3 is 2.50 bits per heavy atom. The van der Waals surface area contributed by atoms with Gasteiger partial charge in [0.2, 0.25) is 10.0 Å². The molecule has 1 fully saturated rings. The third-order valence-electron chi connectivity index (χ3n) is 3.32. The van der Waals surface area contributed by atoms with Crippen molar-refractivity contribution in [2.24, 2.45) is 5.92 Å². The number of sulfonamides is 1. The van der Waals surface area contributed by atoms with E-state index in [2.05, 4.69) is 15.9 Å². The molecule has 6 nitrogen and oxygen atoms in total. The molecule has 0 bridgehead atoms. The Kier molecular flexibility index (Phi) is 4.85. The van der Waals surface area contributed by atoms with E-state index >= 15 is 0 Å². The van der Waals surface area contributed by atoms with Crippen molar-refractivity contribution in [2.75, 3.05) is 19.7 Å². The molecule has 1 aliphatic rings. The highest BCUT2D eigenvalue weighted by molar-refractivity contribution is 9.11. The van der Waals surface area contributed by atoms with E-state index in [0.29, 0.717) is 29.7 Å². The molecule has 9 heteroatoms. The molecule has 2 heterocycles. The summed E-state index contributed by atoms with van der Waals surface area (Å²) in [4.78, 5) is 10.9. The maximum absolute atomic E-state index is 12.5. The van der Waals surface area contributed by atoms with Crippen molar-refractivity contribution in [3.8, 4) is 0 Å². The normalized spacial score (nSPS) is 18.3. The van der Waals surface area contributed by atoms with Gasteiger partial charge in [-0.25, -0.2) is 13.2 Å². The maximum Gasteiger partial charge on any atom is 0.345 e. The van der Waals surface area contributed by atoms with Gasteiger partial charge in [-0.1, -0.05) is 0 Å². The standard InChI is InChI=1S/C11H14BrNO5S2/c12-10-9(5-8(19-10)11(15)16)20(17,18)13-3-1-7(6-14)2-4-13/h5,7,14H,1-4,6H2,(H,15,16). The monoisotopic (exact) mass is 383 g/mol. The van der Waals surface area contributed by atoms with Crippen LogP contribution in [0.4, 0.5) is 0 Å². The van der Waals surface area contributed by atoms with Crippen LogP contribution in [-0.4, -0.2) is 48.6 Å². The van der Waals surface area contributed by atoms with E-state index in [1.807, 2.05) is 0 Å². The minimum atomic E-state index is -3.69. The lowest BCUT2D eigenvalue weighted by Crippen LogP contribution is -2.39. The molecule has 2 N–H and O–H groups in total. The van der Waals surface area contributed by atoms with Crippen molar-refractivity contribution < 1.29 is 23.4 Å². The number of carbonyl (C=O) groups is 1. The molecular formula is C11H14BrNO5S2. The van der Waals surface area contributed by atoms with E-state index in [1.54, 1.807) is 0 Å². The molecule has 0 spiro atoms. The van der Waals surface area contributed by atoms with Crippen LogP contribution in [0.3, 0.4) is 0 Å². The zero-order valence-corrected chi connectivity index (χ0v) is 13.7. The Labute approximate surface area is 129 Å². The Balaban J connectivity index is 2.25. The van der Waals surface area contributed by atoms with Crippen molar-refractivity contribution in [2.45, 2.75) is 17.7 Å². The van der Waals surface area contributed by atoms with E-state index < -0.39 is 16.0 Å². The fraction of sp³-hybridized carbons (Fsp3) is 0.545. The van der Waals surface area contributed by atoms with E-state index in [1.165, 1.54) is 10.4 Å². The van der Waals surface area contributed by atoms with Gasteiger partial charge in [-0.15, -0.1) is 11.3 Å². The van der Waals surface area contributed by atoms with Crippen molar-refractivity contribution in [3.63, 3.8) is 0 Å². The zero-order chi connectivity index (χ0) is 14.9. The van der Waals surface area contributed by atoms with Gasteiger partial charge in [0.15, 0.2) is 0 Å². The number of halogens is 1. The quantitative estimate of drug-likeness (QED) is 0.823. The topological polar surface area (TPSA) is 94.9 Å². The second-order valence-corrected chi connectivity index (χ2v) is 8.86. The van der Waals surface area contributed by atoms with Crippen molar-refractivity contribution in [1.82, 2.24) is 4.31 Å². The number of carboxylic acid groups (broad SMARTS) is 1. The van der Waals surface area contributed by atoms with Crippen LogP contribution in [0.5, 0.6) is 0 Å². The zero-order valence-electron chi connectivity index (χ0n) is 10.5. The highest BCUT2D eigenvalue weighted by atomic mass is 79.9. The summed E-state index contributed by atoms with van der Waals surface area (Å²) in [6, 6.07) is 1.19. The van der Waals surface area contributed by atoms with Crippen LogP contribution in [0.1, 0.15) is 22.5 Å². The summed E-state index contributed by atoms with van der Waals surface area (Å²) in [6.45, 7) is 0.760. The predicted octanol–water partition coefficient (Wildman–Crippen LogP) is 1.60. The maximum atomic E-state index is 12.5. The first-order valence-corrected chi connectivity index (χ1v) is 9.05. The lowest BCUT2D eigenvalue weighted by molar-refractivity contribution is 0.0702. The SMILES string of the molecule is O=C(O)c1cc(S(=O)(=O)N2CCC(CO)CC2)c(Br)s1. The summed E-state index contributed by atoms with van der Waals surface area (Å²) in [5.41, 5.74) is 0. The third-order valence-corrected chi connectivity index (χ3v) is 7.45. The molecule has 0 atom stereocenters. The van der Waals surface area contributed by atoms with Gasteiger partial charge in [0.05, 0.1) is 3.79 Å². The van der Waals surface area contributed by atoms with E-state index in [4.69, 9.17) is 10.2 Å². The highest BCUT2D eigenvalue weighted by Gasteiger charge is 2.32. The second kappa shape index (κ2) is 6.10. The number of rotatable bonds is 4. The first-order chi connectivity index (χ1) is 9.36. The van der Waals surface area contributed by atoms with Gasteiger partial charge < -0.3 is 10.2 Å². The number of carboxylic acids is 1. The molecule has 0 unspecified atom stereocenters. The number of hydrogen-bond acceptors (Lipinski definition) is 5. The number of piperidine rings is 1.